The minimum atomic E-state index is -0.772. The van der Waals surface area contributed by atoms with Crippen LogP contribution in [0.2, 0.25) is 0 Å². The van der Waals surface area contributed by atoms with Crippen LogP contribution in [-0.2, 0) is 4.74 Å². The van der Waals surface area contributed by atoms with Crippen LogP contribution in [-0.4, -0.2) is 17.7 Å². The Kier molecular flexibility index (Phi) is 6.33. The molecule has 0 aliphatic heterocycles. The number of thiophene rings is 1. The maximum Gasteiger partial charge on any atom is 0.341 e. The molecule has 0 atom stereocenters. The summed E-state index contributed by atoms with van der Waals surface area (Å²) in [6.07, 6.45) is 0. The molecule has 2 aromatic carbocycles. The summed E-state index contributed by atoms with van der Waals surface area (Å²) in [4.78, 5) is 13.2. The summed E-state index contributed by atoms with van der Waals surface area (Å²) in [5.41, 5.74) is 1.29. The average molecular weight is 418 g/mol. The predicted octanol–water partition coefficient (Wildman–Crippen LogP) is 5.68. The molecule has 0 fully saturated rings. The van der Waals surface area contributed by atoms with Gasteiger partial charge in [-0.15, -0.1) is 11.3 Å². The van der Waals surface area contributed by atoms with Crippen molar-refractivity contribution in [2.75, 3.05) is 17.2 Å². The van der Waals surface area contributed by atoms with Crippen LogP contribution in [0.4, 0.5) is 19.5 Å². The maximum atomic E-state index is 13.8. The molecular formula is C20H16F2N2O2S2. The van der Waals surface area contributed by atoms with E-state index in [1.807, 2.05) is 30.3 Å². The number of carbonyl (C=O) groups is 1. The van der Waals surface area contributed by atoms with Crippen molar-refractivity contribution in [2.45, 2.75) is 6.92 Å². The van der Waals surface area contributed by atoms with E-state index < -0.39 is 17.6 Å². The molecule has 0 radical (unpaired) electrons. The lowest BCUT2D eigenvalue weighted by Gasteiger charge is -2.11. The zero-order valence-electron chi connectivity index (χ0n) is 14.8. The Balaban J connectivity index is 1.85. The molecule has 3 rings (SSSR count). The fourth-order valence-corrected chi connectivity index (χ4v) is 3.77. The van der Waals surface area contributed by atoms with Crippen molar-refractivity contribution in [3.63, 3.8) is 0 Å². The van der Waals surface area contributed by atoms with E-state index >= 15 is 0 Å². The van der Waals surface area contributed by atoms with Gasteiger partial charge in [-0.1, -0.05) is 30.3 Å². The highest BCUT2D eigenvalue weighted by Gasteiger charge is 2.19. The Morgan fingerprint density at radius 2 is 1.86 bits per heavy atom. The number of carbonyl (C=O) groups excluding carboxylic acids is 1. The molecule has 144 valence electrons. The second kappa shape index (κ2) is 8.90. The molecule has 0 saturated heterocycles. The normalized spacial score (nSPS) is 10.4. The van der Waals surface area contributed by atoms with Gasteiger partial charge in [-0.3, -0.25) is 0 Å². The summed E-state index contributed by atoms with van der Waals surface area (Å²) in [7, 11) is 0. The fourth-order valence-electron chi connectivity index (χ4n) is 2.44. The van der Waals surface area contributed by atoms with Crippen LogP contribution >= 0.6 is 23.6 Å². The average Bonchev–Trinajstić information content (AvgIpc) is 3.09. The lowest BCUT2D eigenvalue weighted by molar-refractivity contribution is 0.0528. The van der Waals surface area contributed by atoms with Crippen LogP contribution in [0.25, 0.3) is 10.4 Å². The Morgan fingerprint density at radius 1 is 1.11 bits per heavy atom. The van der Waals surface area contributed by atoms with Crippen molar-refractivity contribution in [2.24, 2.45) is 0 Å². The molecule has 0 amide bonds. The second-order valence-electron chi connectivity index (χ2n) is 5.64. The van der Waals surface area contributed by atoms with Crippen LogP contribution in [0.1, 0.15) is 17.3 Å². The van der Waals surface area contributed by atoms with Gasteiger partial charge in [-0.2, -0.15) is 0 Å². The first kappa shape index (κ1) is 19.9. The van der Waals surface area contributed by atoms with Crippen LogP contribution in [0.5, 0.6) is 0 Å². The SMILES string of the molecule is CCOC(=O)c1cc(-c2ccccc2)sc1NC(=S)Nc1ccc(F)cc1F. The van der Waals surface area contributed by atoms with Gasteiger partial charge >= 0.3 is 5.97 Å². The molecule has 0 aliphatic carbocycles. The molecule has 28 heavy (non-hydrogen) atoms. The number of anilines is 2. The molecule has 3 aromatic rings. The van der Waals surface area contributed by atoms with Gasteiger partial charge in [0.05, 0.1) is 17.9 Å². The highest BCUT2D eigenvalue weighted by molar-refractivity contribution is 7.80. The summed E-state index contributed by atoms with van der Waals surface area (Å²) in [5.74, 6) is -1.94. The Bertz CT molecular complexity index is 1010. The fraction of sp³-hybridized carbons (Fsp3) is 0.100. The predicted molar refractivity (Wildman–Crippen MR) is 112 cm³/mol. The molecule has 0 bridgehead atoms. The summed E-state index contributed by atoms with van der Waals surface area (Å²) in [5, 5.41) is 6.11. The van der Waals surface area contributed by atoms with E-state index in [1.165, 1.54) is 17.4 Å². The first-order valence-corrected chi connectivity index (χ1v) is 9.60. The Labute approximate surface area is 170 Å². The van der Waals surface area contributed by atoms with Gasteiger partial charge in [0.15, 0.2) is 5.11 Å². The van der Waals surface area contributed by atoms with Gasteiger partial charge in [-0.05, 0) is 42.9 Å². The molecule has 4 nitrogen and oxygen atoms in total. The molecule has 0 saturated carbocycles. The number of rotatable bonds is 5. The first-order chi connectivity index (χ1) is 13.5. The minimum absolute atomic E-state index is 0.0245. The number of hydrogen-bond acceptors (Lipinski definition) is 4. The van der Waals surface area contributed by atoms with Crippen molar-refractivity contribution in [1.82, 2.24) is 0 Å². The van der Waals surface area contributed by atoms with Gasteiger partial charge in [0.25, 0.3) is 0 Å². The standard InChI is InChI=1S/C20H16F2N2O2S2/c1-2-26-19(25)14-11-17(12-6-4-3-5-7-12)28-18(14)24-20(27)23-16-9-8-13(21)10-15(16)22/h3-11H,2H2,1H3,(H2,23,24,27). The summed E-state index contributed by atoms with van der Waals surface area (Å²) < 4.78 is 32.0. The van der Waals surface area contributed by atoms with Crippen LogP contribution in [0.3, 0.4) is 0 Å². The van der Waals surface area contributed by atoms with Crippen molar-refractivity contribution in [1.29, 1.82) is 0 Å². The molecular weight excluding hydrogens is 402 g/mol. The van der Waals surface area contributed by atoms with E-state index in [4.69, 9.17) is 17.0 Å². The number of ether oxygens (including phenoxy) is 1. The van der Waals surface area contributed by atoms with Gasteiger partial charge in [-0.25, -0.2) is 13.6 Å². The molecule has 2 N–H and O–H groups in total. The zero-order chi connectivity index (χ0) is 20.1. The zero-order valence-corrected chi connectivity index (χ0v) is 16.4. The summed E-state index contributed by atoms with van der Waals surface area (Å²) in [6.45, 7) is 1.96. The lowest BCUT2D eigenvalue weighted by Crippen LogP contribution is -2.20. The third-order valence-electron chi connectivity index (χ3n) is 3.69. The van der Waals surface area contributed by atoms with E-state index in [1.54, 1.807) is 13.0 Å². The second-order valence-corrected chi connectivity index (χ2v) is 7.10. The lowest BCUT2D eigenvalue weighted by atomic mass is 10.1. The third-order valence-corrected chi connectivity index (χ3v) is 5.00. The topological polar surface area (TPSA) is 50.4 Å². The quantitative estimate of drug-likeness (QED) is 0.412. The van der Waals surface area contributed by atoms with Crippen molar-refractivity contribution < 1.29 is 18.3 Å². The van der Waals surface area contributed by atoms with E-state index in [0.717, 1.165) is 22.6 Å². The number of hydrogen-bond donors (Lipinski definition) is 2. The van der Waals surface area contributed by atoms with Gasteiger partial charge in [0.1, 0.15) is 16.6 Å². The van der Waals surface area contributed by atoms with Crippen LogP contribution in [0.15, 0.2) is 54.6 Å². The van der Waals surface area contributed by atoms with E-state index in [2.05, 4.69) is 10.6 Å². The summed E-state index contributed by atoms with van der Waals surface area (Å²) in [6, 6.07) is 14.4. The molecule has 0 unspecified atom stereocenters. The van der Waals surface area contributed by atoms with E-state index in [9.17, 15) is 13.6 Å². The molecule has 1 aromatic heterocycles. The Morgan fingerprint density at radius 3 is 2.54 bits per heavy atom. The number of thiocarbonyl (C=S) groups is 1. The maximum absolute atomic E-state index is 13.8. The van der Waals surface area contributed by atoms with Crippen molar-refractivity contribution >= 4 is 45.3 Å². The monoisotopic (exact) mass is 418 g/mol. The molecule has 0 spiro atoms. The van der Waals surface area contributed by atoms with Crippen molar-refractivity contribution in [3.05, 3.63) is 71.8 Å². The number of esters is 1. The van der Waals surface area contributed by atoms with Gasteiger partial charge in [0.2, 0.25) is 0 Å². The van der Waals surface area contributed by atoms with E-state index in [0.29, 0.717) is 10.6 Å². The van der Waals surface area contributed by atoms with Gasteiger partial charge in [0, 0.05) is 10.9 Å². The highest BCUT2D eigenvalue weighted by atomic mass is 32.1. The smallest absolute Gasteiger partial charge is 0.341 e. The molecule has 1 heterocycles. The highest BCUT2D eigenvalue weighted by Crippen LogP contribution is 2.36. The first-order valence-electron chi connectivity index (χ1n) is 8.37. The van der Waals surface area contributed by atoms with E-state index in [-0.39, 0.29) is 17.4 Å². The van der Waals surface area contributed by atoms with Crippen molar-refractivity contribution in [3.8, 4) is 10.4 Å². The minimum Gasteiger partial charge on any atom is -0.462 e. The van der Waals surface area contributed by atoms with Crippen LogP contribution in [0, 0.1) is 11.6 Å². The summed E-state index contributed by atoms with van der Waals surface area (Å²) >= 11 is 6.54. The molecule has 0 aliphatic rings. The number of benzene rings is 2. The largest absolute Gasteiger partial charge is 0.462 e. The Hall–Kier alpha value is -2.84. The third kappa shape index (κ3) is 4.71. The number of nitrogens with one attached hydrogen (secondary N) is 2. The number of halogens is 2. The van der Waals surface area contributed by atoms with Gasteiger partial charge < -0.3 is 15.4 Å². The molecule has 8 heteroatoms. The van der Waals surface area contributed by atoms with Crippen LogP contribution < -0.4 is 10.6 Å².